The van der Waals surface area contributed by atoms with E-state index in [-0.39, 0.29) is 22.8 Å². The molecule has 10 heteroatoms. The highest BCUT2D eigenvalue weighted by Gasteiger charge is 2.27. The molecule has 2 aromatic carbocycles. The highest BCUT2D eigenvalue weighted by molar-refractivity contribution is 5.96. The van der Waals surface area contributed by atoms with Gasteiger partial charge in [0.15, 0.2) is 0 Å². The summed E-state index contributed by atoms with van der Waals surface area (Å²) >= 11 is 0. The number of amides is 1. The second kappa shape index (κ2) is 8.07. The van der Waals surface area contributed by atoms with E-state index in [4.69, 9.17) is 4.74 Å². The summed E-state index contributed by atoms with van der Waals surface area (Å²) in [7, 11) is 0. The molecule has 10 nitrogen and oxygen atoms in total. The van der Waals surface area contributed by atoms with Crippen molar-refractivity contribution in [3.05, 3.63) is 73.3 Å². The van der Waals surface area contributed by atoms with Crippen LogP contribution < -0.4 is 4.90 Å². The van der Waals surface area contributed by atoms with E-state index in [2.05, 4.69) is 0 Å². The molecule has 0 radical (unpaired) electrons. The molecule has 1 fully saturated rings. The van der Waals surface area contributed by atoms with Gasteiger partial charge in [0, 0.05) is 49.9 Å². The summed E-state index contributed by atoms with van der Waals surface area (Å²) in [5.41, 5.74) is 2.28. The molecule has 0 spiro atoms. The van der Waals surface area contributed by atoms with Crippen molar-refractivity contribution >= 4 is 23.0 Å². The Balaban J connectivity index is 1.62. The van der Waals surface area contributed by atoms with E-state index in [0.717, 1.165) is 11.1 Å². The number of fused-ring (bicyclic) bond motifs is 1. The van der Waals surface area contributed by atoms with E-state index in [1.807, 2.05) is 4.90 Å². The summed E-state index contributed by atoms with van der Waals surface area (Å²) in [4.78, 5) is 38.0. The van der Waals surface area contributed by atoms with E-state index >= 15 is 0 Å². The van der Waals surface area contributed by atoms with Gasteiger partial charge in [-0.25, -0.2) is 0 Å². The molecule has 0 N–H and O–H groups in total. The fraction of sp³-hybridized carbons (Fsp3) is 0.350. The maximum absolute atomic E-state index is 12.7. The molecule has 2 aliphatic rings. The van der Waals surface area contributed by atoms with Crippen molar-refractivity contribution in [2.75, 3.05) is 37.7 Å². The molecular weight excluding hydrogens is 392 g/mol. The van der Waals surface area contributed by atoms with Crippen LogP contribution in [-0.4, -0.2) is 53.5 Å². The molecule has 2 aliphatic heterocycles. The van der Waals surface area contributed by atoms with Gasteiger partial charge in [0.05, 0.1) is 23.1 Å². The Hall–Kier alpha value is -3.53. The number of nitrogens with zero attached hydrogens (tertiary/aromatic N) is 4. The van der Waals surface area contributed by atoms with Gasteiger partial charge in [-0.15, -0.1) is 0 Å². The van der Waals surface area contributed by atoms with Crippen LogP contribution in [0.5, 0.6) is 0 Å². The highest BCUT2D eigenvalue weighted by Crippen LogP contribution is 2.34. The monoisotopic (exact) mass is 412 g/mol. The predicted molar refractivity (Wildman–Crippen MR) is 108 cm³/mol. The van der Waals surface area contributed by atoms with Crippen LogP contribution in [0.25, 0.3) is 0 Å². The number of carbonyl (C=O) groups is 1. The molecule has 1 saturated heterocycles. The largest absolute Gasteiger partial charge is 0.378 e. The second-order valence-corrected chi connectivity index (χ2v) is 7.25. The smallest absolute Gasteiger partial charge is 0.293 e. The van der Waals surface area contributed by atoms with E-state index in [1.165, 1.54) is 18.2 Å². The standard InChI is InChI=1S/C20H20N4O6/c25-20(21-7-9-30-10-8-21)15-2-4-18(19(12-15)24(28)29)22-6-5-14-1-3-17(23(26)27)11-16(14)13-22/h1-4,11-12H,5-10,13H2. The van der Waals surface area contributed by atoms with E-state index in [0.29, 0.717) is 51.5 Å². The molecule has 0 aromatic heterocycles. The van der Waals surface area contributed by atoms with Crippen molar-refractivity contribution in [2.45, 2.75) is 13.0 Å². The minimum atomic E-state index is -0.492. The van der Waals surface area contributed by atoms with Crippen molar-refractivity contribution in [2.24, 2.45) is 0 Å². The number of benzene rings is 2. The van der Waals surface area contributed by atoms with Gasteiger partial charge in [0.25, 0.3) is 17.3 Å². The van der Waals surface area contributed by atoms with Crippen molar-refractivity contribution in [1.82, 2.24) is 4.90 Å². The average molecular weight is 412 g/mol. The topological polar surface area (TPSA) is 119 Å². The summed E-state index contributed by atoms with van der Waals surface area (Å²) in [6.45, 7) is 2.68. The van der Waals surface area contributed by atoms with Crippen LogP contribution in [0.15, 0.2) is 36.4 Å². The lowest BCUT2D eigenvalue weighted by molar-refractivity contribution is -0.384. The minimum Gasteiger partial charge on any atom is -0.378 e. The lowest BCUT2D eigenvalue weighted by atomic mass is 9.98. The van der Waals surface area contributed by atoms with Crippen LogP contribution in [0.4, 0.5) is 17.1 Å². The Kier molecular flexibility index (Phi) is 5.32. The van der Waals surface area contributed by atoms with Crippen molar-refractivity contribution < 1.29 is 19.4 Å². The lowest BCUT2D eigenvalue weighted by Gasteiger charge is -2.30. The molecule has 0 unspecified atom stereocenters. The Morgan fingerprint density at radius 2 is 1.70 bits per heavy atom. The minimum absolute atomic E-state index is 0.00319. The molecule has 1 amide bonds. The first kappa shape index (κ1) is 19.8. The maximum atomic E-state index is 12.7. The average Bonchev–Trinajstić information content (AvgIpc) is 2.78. The number of hydrogen-bond donors (Lipinski definition) is 0. The van der Waals surface area contributed by atoms with Crippen LogP contribution >= 0.6 is 0 Å². The molecule has 0 aliphatic carbocycles. The quantitative estimate of drug-likeness (QED) is 0.559. The zero-order chi connectivity index (χ0) is 21.3. The van der Waals surface area contributed by atoms with Gasteiger partial charge >= 0.3 is 0 Å². The van der Waals surface area contributed by atoms with E-state index in [9.17, 15) is 25.0 Å². The third kappa shape index (κ3) is 3.81. The van der Waals surface area contributed by atoms with Gasteiger partial charge in [-0.1, -0.05) is 6.07 Å². The van der Waals surface area contributed by atoms with Crippen LogP contribution in [0, 0.1) is 20.2 Å². The summed E-state index contributed by atoms with van der Waals surface area (Å²) < 4.78 is 5.25. The first-order valence-electron chi connectivity index (χ1n) is 9.60. The van der Waals surface area contributed by atoms with Crippen molar-refractivity contribution in [3.8, 4) is 0 Å². The zero-order valence-electron chi connectivity index (χ0n) is 16.2. The molecule has 156 valence electrons. The summed E-state index contributed by atoms with van der Waals surface area (Å²) in [5.74, 6) is -0.257. The normalized spacial score (nSPS) is 16.1. The molecule has 2 heterocycles. The number of nitro benzene ring substituents is 2. The van der Waals surface area contributed by atoms with Gasteiger partial charge in [0.1, 0.15) is 5.69 Å². The zero-order valence-corrected chi connectivity index (χ0v) is 16.2. The van der Waals surface area contributed by atoms with Crippen LogP contribution in [0.2, 0.25) is 0 Å². The number of carbonyl (C=O) groups excluding carboxylic acids is 1. The third-order valence-electron chi connectivity index (χ3n) is 5.47. The highest BCUT2D eigenvalue weighted by atomic mass is 16.6. The van der Waals surface area contributed by atoms with Crippen molar-refractivity contribution in [1.29, 1.82) is 0 Å². The number of morpholine rings is 1. The van der Waals surface area contributed by atoms with E-state index < -0.39 is 9.85 Å². The van der Waals surface area contributed by atoms with Gasteiger partial charge in [0.2, 0.25) is 0 Å². The first-order chi connectivity index (χ1) is 14.4. The molecule has 0 saturated carbocycles. The summed E-state index contributed by atoms with van der Waals surface area (Å²) in [5, 5.41) is 22.8. The molecule has 30 heavy (non-hydrogen) atoms. The Morgan fingerprint density at radius 3 is 2.40 bits per heavy atom. The number of non-ortho nitro benzene ring substituents is 1. The first-order valence-corrected chi connectivity index (χ1v) is 9.60. The van der Waals surface area contributed by atoms with Gasteiger partial charge in [-0.3, -0.25) is 25.0 Å². The number of rotatable bonds is 4. The molecule has 4 rings (SSSR count). The second-order valence-electron chi connectivity index (χ2n) is 7.25. The molecule has 0 bridgehead atoms. The third-order valence-corrected chi connectivity index (χ3v) is 5.47. The maximum Gasteiger partial charge on any atom is 0.293 e. The lowest BCUT2D eigenvalue weighted by Crippen LogP contribution is -2.40. The van der Waals surface area contributed by atoms with Gasteiger partial charge < -0.3 is 14.5 Å². The van der Waals surface area contributed by atoms with E-state index in [1.54, 1.807) is 23.1 Å². The number of nitro groups is 2. The van der Waals surface area contributed by atoms with Crippen LogP contribution in [-0.2, 0) is 17.7 Å². The van der Waals surface area contributed by atoms with Crippen LogP contribution in [0.1, 0.15) is 21.5 Å². The SMILES string of the molecule is O=C(c1ccc(N2CCc3ccc([N+](=O)[O-])cc3C2)c([N+](=O)[O-])c1)N1CCOCC1. The predicted octanol–water partition coefficient (Wildman–Crippen LogP) is 2.54. The van der Waals surface area contributed by atoms with Crippen LogP contribution in [0.3, 0.4) is 0 Å². The molecule has 0 atom stereocenters. The number of ether oxygens (including phenoxy) is 1. The summed E-state index contributed by atoms with van der Waals surface area (Å²) in [6.07, 6.45) is 0.624. The Labute approximate surface area is 171 Å². The number of hydrogen-bond acceptors (Lipinski definition) is 7. The Morgan fingerprint density at radius 1 is 0.933 bits per heavy atom. The molecular formula is C20H20N4O6. The summed E-state index contributed by atoms with van der Waals surface area (Å²) in [6, 6.07) is 9.24. The fourth-order valence-electron chi connectivity index (χ4n) is 3.88. The number of anilines is 1. The Bertz CT molecular complexity index is 1020. The van der Waals surface area contributed by atoms with Gasteiger partial charge in [-0.05, 0) is 29.7 Å². The van der Waals surface area contributed by atoms with Gasteiger partial charge in [-0.2, -0.15) is 0 Å². The molecule has 2 aromatic rings. The fourth-order valence-corrected chi connectivity index (χ4v) is 3.88. The van der Waals surface area contributed by atoms with Crippen molar-refractivity contribution in [3.63, 3.8) is 0 Å².